The zero-order valence-corrected chi connectivity index (χ0v) is 16.2. The summed E-state index contributed by atoms with van der Waals surface area (Å²) in [4.78, 5) is 23.3. The first-order valence-corrected chi connectivity index (χ1v) is 9.21. The first-order valence-electron chi connectivity index (χ1n) is 9.21. The predicted molar refractivity (Wildman–Crippen MR) is 114 cm³/mol. The topological polar surface area (TPSA) is 58.1 Å². The van der Waals surface area contributed by atoms with Crippen molar-refractivity contribution < 1.29 is 4.79 Å². The lowest BCUT2D eigenvalue weighted by atomic mass is 10.0. The number of aromatic nitrogens is 2. The van der Waals surface area contributed by atoms with Crippen LogP contribution in [0.15, 0.2) is 60.8 Å². The van der Waals surface area contributed by atoms with Gasteiger partial charge in [0.05, 0.1) is 23.3 Å². The van der Waals surface area contributed by atoms with Crippen LogP contribution in [0.1, 0.15) is 5.56 Å². The van der Waals surface area contributed by atoms with Crippen molar-refractivity contribution in [3.8, 4) is 11.3 Å². The summed E-state index contributed by atoms with van der Waals surface area (Å²) in [5.41, 5.74) is 5.66. The van der Waals surface area contributed by atoms with Gasteiger partial charge in [-0.3, -0.25) is 9.78 Å². The Bertz CT molecular complexity index is 1180. The lowest BCUT2D eigenvalue weighted by Gasteiger charge is -2.12. The summed E-state index contributed by atoms with van der Waals surface area (Å²) in [7, 11) is 3.74. The molecule has 2 aromatic carbocycles. The molecule has 4 rings (SSSR count). The summed E-state index contributed by atoms with van der Waals surface area (Å²) >= 11 is 0. The van der Waals surface area contributed by atoms with Crippen LogP contribution in [-0.2, 0) is 4.79 Å². The molecule has 140 valence electrons. The first kappa shape index (κ1) is 18.1. The third-order valence-corrected chi connectivity index (χ3v) is 4.68. The fourth-order valence-corrected chi connectivity index (χ4v) is 3.43. The highest BCUT2D eigenvalue weighted by atomic mass is 16.2. The largest absolute Gasteiger partial charge is 0.325 e. The van der Waals surface area contributed by atoms with Crippen molar-refractivity contribution in [2.24, 2.45) is 0 Å². The number of hydrogen-bond donors (Lipinski definition) is 1. The highest BCUT2D eigenvalue weighted by Crippen LogP contribution is 2.30. The number of carbonyl (C=O) groups is 1. The molecule has 0 aliphatic heterocycles. The van der Waals surface area contributed by atoms with Gasteiger partial charge in [0.1, 0.15) is 0 Å². The van der Waals surface area contributed by atoms with E-state index in [1.807, 2.05) is 55.4 Å². The standard InChI is InChI=1S/C23H22N4O/c1-15-12-21(19-6-4-8-20-18(19)7-5-11-24-20)26-22-13-16(9-10-17(15)22)25-23(28)14-27(2)3/h4-13H,14H2,1-3H3,(H,25,28). The molecule has 0 radical (unpaired) electrons. The molecule has 0 fully saturated rings. The molecule has 0 aliphatic rings. The van der Waals surface area contributed by atoms with Crippen molar-refractivity contribution >= 4 is 33.4 Å². The third-order valence-electron chi connectivity index (χ3n) is 4.68. The lowest BCUT2D eigenvalue weighted by Crippen LogP contribution is -2.27. The van der Waals surface area contributed by atoms with Gasteiger partial charge in [0.2, 0.25) is 5.91 Å². The van der Waals surface area contributed by atoms with Crippen molar-refractivity contribution in [1.29, 1.82) is 0 Å². The van der Waals surface area contributed by atoms with Crippen molar-refractivity contribution in [3.63, 3.8) is 0 Å². The number of carbonyl (C=O) groups excluding carboxylic acids is 1. The molecule has 1 amide bonds. The summed E-state index contributed by atoms with van der Waals surface area (Å²) in [5, 5.41) is 5.10. The molecular weight excluding hydrogens is 348 g/mol. The van der Waals surface area contributed by atoms with E-state index in [4.69, 9.17) is 4.98 Å². The third kappa shape index (κ3) is 3.57. The minimum atomic E-state index is -0.0441. The molecule has 0 atom stereocenters. The van der Waals surface area contributed by atoms with Crippen LogP contribution in [0, 0.1) is 6.92 Å². The van der Waals surface area contributed by atoms with Crippen molar-refractivity contribution in [1.82, 2.24) is 14.9 Å². The average Bonchev–Trinajstić information content (AvgIpc) is 2.66. The second-order valence-electron chi connectivity index (χ2n) is 7.22. The minimum Gasteiger partial charge on any atom is -0.325 e. The second kappa shape index (κ2) is 7.37. The van der Waals surface area contributed by atoms with E-state index in [-0.39, 0.29) is 5.91 Å². The number of hydrogen-bond acceptors (Lipinski definition) is 4. The van der Waals surface area contributed by atoms with E-state index in [2.05, 4.69) is 35.4 Å². The molecule has 2 aromatic heterocycles. The van der Waals surface area contributed by atoms with Crippen LogP contribution in [0.3, 0.4) is 0 Å². The van der Waals surface area contributed by atoms with Gasteiger partial charge >= 0.3 is 0 Å². The quantitative estimate of drug-likeness (QED) is 0.583. The van der Waals surface area contributed by atoms with E-state index in [0.29, 0.717) is 6.54 Å². The van der Waals surface area contributed by atoms with Gasteiger partial charge in [0, 0.05) is 28.2 Å². The van der Waals surface area contributed by atoms with E-state index < -0.39 is 0 Å². The summed E-state index contributed by atoms with van der Waals surface area (Å²) in [6, 6.07) is 18.1. The molecule has 4 aromatic rings. The molecule has 5 heteroatoms. The number of fused-ring (bicyclic) bond motifs is 2. The number of anilines is 1. The smallest absolute Gasteiger partial charge is 0.238 e. The fraction of sp³-hybridized carbons (Fsp3) is 0.174. The minimum absolute atomic E-state index is 0.0441. The van der Waals surface area contributed by atoms with Gasteiger partial charge < -0.3 is 10.2 Å². The number of nitrogens with one attached hydrogen (secondary N) is 1. The molecule has 0 spiro atoms. The number of amides is 1. The summed E-state index contributed by atoms with van der Waals surface area (Å²) in [6.45, 7) is 2.43. The van der Waals surface area contributed by atoms with Gasteiger partial charge in [-0.15, -0.1) is 0 Å². The average molecular weight is 370 g/mol. The van der Waals surface area contributed by atoms with Gasteiger partial charge in [-0.1, -0.05) is 24.3 Å². The Morgan fingerprint density at radius 1 is 1.00 bits per heavy atom. The summed E-state index contributed by atoms with van der Waals surface area (Å²) in [6.07, 6.45) is 1.80. The molecule has 5 nitrogen and oxygen atoms in total. The molecule has 0 aliphatic carbocycles. The van der Waals surface area contributed by atoms with Crippen LogP contribution in [-0.4, -0.2) is 41.4 Å². The SMILES string of the molecule is Cc1cc(-c2cccc3ncccc23)nc2cc(NC(=O)CN(C)C)ccc12. The lowest BCUT2D eigenvalue weighted by molar-refractivity contribution is -0.116. The highest BCUT2D eigenvalue weighted by molar-refractivity contribution is 5.98. The Morgan fingerprint density at radius 3 is 2.68 bits per heavy atom. The predicted octanol–water partition coefficient (Wildman–Crippen LogP) is 4.26. The first-order chi connectivity index (χ1) is 13.5. The maximum absolute atomic E-state index is 12.1. The van der Waals surface area contributed by atoms with Gasteiger partial charge in [-0.25, -0.2) is 4.98 Å². The molecule has 0 saturated carbocycles. The zero-order valence-electron chi connectivity index (χ0n) is 16.2. The summed E-state index contributed by atoms with van der Waals surface area (Å²) < 4.78 is 0. The monoisotopic (exact) mass is 370 g/mol. The van der Waals surface area contributed by atoms with E-state index >= 15 is 0 Å². The van der Waals surface area contributed by atoms with E-state index in [1.165, 1.54) is 0 Å². The van der Waals surface area contributed by atoms with Gasteiger partial charge in [0.15, 0.2) is 0 Å². The van der Waals surface area contributed by atoms with Crippen LogP contribution in [0.25, 0.3) is 33.1 Å². The van der Waals surface area contributed by atoms with E-state index in [0.717, 1.165) is 44.3 Å². The molecule has 28 heavy (non-hydrogen) atoms. The number of benzene rings is 2. The fourth-order valence-electron chi connectivity index (χ4n) is 3.43. The van der Waals surface area contributed by atoms with Crippen LogP contribution < -0.4 is 5.32 Å². The Morgan fingerprint density at radius 2 is 1.86 bits per heavy atom. The van der Waals surface area contributed by atoms with Crippen molar-refractivity contribution in [2.45, 2.75) is 6.92 Å². The van der Waals surface area contributed by atoms with Gasteiger partial charge in [-0.2, -0.15) is 0 Å². The maximum Gasteiger partial charge on any atom is 0.238 e. The Labute approximate surface area is 164 Å². The summed E-state index contributed by atoms with van der Waals surface area (Å²) in [5.74, 6) is -0.0441. The molecule has 1 N–H and O–H groups in total. The highest BCUT2D eigenvalue weighted by Gasteiger charge is 2.10. The van der Waals surface area contributed by atoms with Crippen molar-refractivity contribution in [2.75, 3.05) is 26.0 Å². The number of pyridine rings is 2. The van der Waals surface area contributed by atoms with E-state index in [9.17, 15) is 4.79 Å². The number of rotatable bonds is 4. The Hall–Kier alpha value is -3.31. The van der Waals surface area contributed by atoms with Crippen LogP contribution in [0.4, 0.5) is 5.69 Å². The Balaban J connectivity index is 1.79. The maximum atomic E-state index is 12.1. The number of aryl methyl sites for hydroxylation is 1. The molecular formula is C23H22N4O. The molecule has 0 saturated heterocycles. The molecule has 2 heterocycles. The number of likely N-dealkylation sites (N-methyl/N-ethyl adjacent to an activating group) is 1. The number of nitrogens with zero attached hydrogens (tertiary/aromatic N) is 3. The van der Waals surface area contributed by atoms with Crippen LogP contribution in [0.5, 0.6) is 0 Å². The van der Waals surface area contributed by atoms with E-state index in [1.54, 1.807) is 6.20 Å². The Kier molecular flexibility index (Phi) is 4.75. The van der Waals surface area contributed by atoms with Crippen LogP contribution >= 0.6 is 0 Å². The normalized spacial score (nSPS) is 11.3. The van der Waals surface area contributed by atoms with Crippen LogP contribution in [0.2, 0.25) is 0 Å². The van der Waals surface area contributed by atoms with Crippen molar-refractivity contribution in [3.05, 3.63) is 66.4 Å². The molecule has 0 bridgehead atoms. The van der Waals surface area contributed by atoms with Gasteiger partial charge in [-0.05, 0) is 56.9 Å². The second-order valence-corrected chi connectivity index (χ2v) is 7.22. The molecule has 0 unspecified atom stereocenters. The zero-order chi connectivity index (χ0) is 19.7. The van der Waals surface area contributed by atoms with Gasteiger partial charge in [0.25, 0.3) is 0 Å².